The summed E-state index contributed by atoms with van der Waals surface area (Å²) >= 11 is 0. The molecular weight excluding hydrogens is 453 g/mol. The number of benzene rings is 1. The molecule has 0 aliphatic carbocycles. The second-order valence-corrected chi connectivity index (χ2v) is 6.98. The van der Waals surface area contributed by atoms with Crippen LogP contribution in [-0.2, 0) is 11.3 Å². The van der Waals surface area contributed by atoms with Gasteiger partial charge in [0.1, 0.15) is 0 Å². The van der Waals surface area contributed by atoms with Gasteiger partial charge in [0.05, 0.1) is 13.2 Å². The van der Waals surface area contributed by atoms with E-state index in [4.69, 9.17) is 4.74 Å². The summed E-state index contributed by atoms with van der Waals surface area (Å²) < 4.78 is 5.48. The molecule has 0 radical (unpaired) electrons. The van der Waals surface area contributed by atoms with Crippen LogP contribution in [0, 0.1) is 0 Å². The number of aliphatic imine (C=N–C) groups is 1. The molecule has 152 valence electrons. The Morgan fingerprint density at radius 3 is 2.52 bits per heavy atom. The molecule has 6 nitrogen and oxygen atoms in total. The molecule has 3 rings (SSSR count). The number of hydrogen-bond acceptors (Lipinski definition) is 4. The third-order valence-corrected chi connectivity index (χ3v) is 5.18. The van der Waals surface area contributed by atoms with Crippen molar-refractivity contribution in [2.45, 2.75) is 25.8 Å². The molecule has 2 heterocycles. The quantitative estimate of drug-likeness (QED) is 0.367. The number of nitrogens with zero attached hydrogens (tertiary/aromatic N) is 3. The maximum atomic E-state index is 5.48. The van der Waals surface area contributed by atoms with E-state index in [1.54, 1.807) is 0 Å². The van der Waals surface area contributed by atoms with E-state index in [0.717, 1.165) is 51.9 Å². The van der Waals surface area contributed by atoms with Crippen molar-refractivity contribution in [2.75, 3.05) is 64.4 Å². The highest BCUT2D eigenvalue weighted by Crippen LogP contribution is 2.21. The van der Waals surface area contributed by atoms with E-state index in [2.05, 4.69) is 49.7 Å². The molecule has 7 heteroatoms. The van der Waals surface area contributed by atoms with Gasteiger partial charge in [-0.05, 0) is 37.6 Å². The first-order valence-electron chi connectivity index (χ1n) is 9.94. The van der Waals surface area contributed by atoms with Crippen LogP contribution in [0.4, 0.5) is 5.69 Å². The average molecular weight is 487 g/mol. The van der Waals surface area contributed by atoms with E-state index >= 15 is 0 Å². The molecule has 0 saturated carbocycles. The Bertz CT molecular complexity index is 571. The molecule has 0 unspecified atom stereocenters. The van der Waals surface area contributed by atoms with E-state index in [-0.39, 0.29) is 24.0 Å². The Morgan fingerprint density at radius 2 is 1.78 bits per heavy atom. The third-order valence-electron chi connectivity index (χ3n) is 5.18. The average Bonchev–Trinajstić information content (AvgIpc) is 2.72. The van der Waals surface area contributed by atoms with Gasteiger partial charge in [-0.3, -0.25) is 4.99 Å². The number of para-hydroxylation sites is 1. The number of anilines is 1. The summed E-state index contributed by atoms with van der Waals surface area (Å²) in [6.45, 7) is 8.80. The number of morpholine rings is 1. The van der Waals surface area contributed by atoms with Crippen molar-refractivity contribution in [3.63, 3.8) is 0 Å². The lowest BCUT2D eigenvalue weighted by Crippen LogP contribution is -2.42. The Balaban J connectivity index is 0.00000261. The van der Waals surface area contributed by atoms with Gasteiger partial charge in [-0.15, -0.1) is 24.0 Å². The minimum absolute atomic E-state index is 0. The van der Waals surface area contributed by atoms with Crippen LogP contribution in [-0.4, -0.2) is 70.4 Å². The predicted octanol–water partition coefficient (Wildman–Crippen LogP) is 2.29. The maximum absolute atomic E-state index is 5.48. The number of hydrogen-bond donors (Lipinski definition) is 2. The van der Waals surface area contributed by atoms with E-state index in [1.807, 2.05) is 7.05 Å². The molecule has 0 amide bonds. The number of guanidine groups is 1. The molecule has 1 aromatic carbocycles. The SMILES string of the molecule is CN=C(NCCN1CCCCC1)NCc1ccccc1N1CCOCC1.I. The molecule has 0 bridgehead atoms. The van der Waals surface area contributed by atoms with Crippen LogP contribution >= 0.6 is 24.0 Å². The number of piperidine rings is 1. The summed E-state index contributed by atoms with van der Waals surface area (Å²) in [7, 11) is 1.84. The summed E-state index contributed by atoms with van der Waals surface area (Å²) in [6, 6.07) is 8.61. The Labute approximate surface area is 180 Å². The van der Waals surface area contributed by atoms with Gasteiger partial charge in [0.2, 0.25) is 0 Å². The number of halogens is 1. The third kappa shape index (κ3) is 7.12. The standard InChI is InChI=1S/C20H33N5O.HI/c1-21-20(22-9-12-24-10-5-2-6-11-24)23-17-18-7-3-4-8-19(18)25-13-15-26-16-14-25;/h3-4,7-8H,2,5-6,9-17H2,1H3,(H2,21,22,23);1H. The van der Waals surface area contributed by atoms with Crippen LogP contribution in [0.15, 0.2) is 29.3 Å². The summed E-state index contributed by atoms with van der Waals surface area (Å²) in [6.07, 6.45) is 4.06. The van der Waals surface area contributed by atoms with Crippen LogP contribution in [0.1, 0.15) is 24.8 Å². The van der Waals surface area contributed by atoms with Gasteiger partial charge >= 0.3 is 0 Å². The second-order valence-electron chi connectivity index (χ2n) is 6.98. The number of ether oxygens (including phenoxy) is 1. The minimum atomic E-state index is 0. The number of nitrogens with one attached hydrogen (secondary N) is 2. The van der Waals surface area contributed by atoms with E-state index < -0.39 is 0 Å². The maximum Gasteiger partial charge on any atom is 0.191 e. The fourth-order valence-electron chi connectivity index (χ4n) is 3.69. The fourth-order valence-corrected chi connectivity index (χ4v) is 3.69. The topological polar surface area (TPSA) is 52.1 Å². The molecule has 2 aliphatic rings. The highest BCUT2D eigenvalue weighted by atomic mass is 127. The zero-order valence-corrected chi connectivity index (χ0v) is 18.8. The summed E-state index contributed by atoms with van der Waals surface area (Å²) in [5.74, 6) is 0.874. The van der Waals surface area contributed by atoms with Gasteiger partial charge in [0.15, 0.2) is 5.96 Å². The molecule has 2 saturated heterocycles. The monoisotopic (exact) mass is 487 g/mol. The normalized spacial score (nSPS) is 18.7. The lowest BCUT2D eigenvalue weighted by molar-refractivity contribution is 0.122. The lowest BCUT2D eigenvalue weighted by atomic mass is 10.1. The highest BCUT2D eigenvalue weighted by Gasteiger charge is 2.14. The Kier molecular flexibility index (Phi) is 10.2. The number of likely N-dealkylation sites (tertiary alicyclic amines) is 1. The minimum Gasteiger partial charge on any atom is -0.378 e. The van der Waals surface area contributed by atoms with Gasteiger partial charge in [-0.2, -0.15) is 0 Å². The van der Waals surface area contributed by atoms with Crippen LogP contribution in [0.3, 0.4) is 0 Å². The largest absolute Gasteiger partial charge is 0.378 e. The van der Waals surface area contributed by atoms with Crippen molar-refractivity contribution < 1.29 is 4.74 Å². The molecular formula is C20H34IN5O. The van der Waals surface area contributed by atoms with Crippen LogP contribution in [0.2, 0.25) is 0 Å². The van der Waals surface area contributed by atoms with Crippen molar-refractivity contribution in [1.82, 2.24) is 15.5 Å². The summed E-state index contributed by atoms with van der Waals surface area (Å²) in [5, 5.41) is 6.91. The van der Waals surface area contributed by atoms with E-state index in [1.165, 1.54) is 43.6 Å². The summed E-state index contributed by atoms with van der Waals surface area (Å²) in [5.41, 5.74) is 2.60. The molecule has 27 heavy (non-hydrogen) atoms. The molecule has 2 N–H and O–H groups in total. The highest BCUT2D eigenvalue weighted by molar-refractivity contribution is 14.0. The van der Waals surface area contributed by atoms with Crippen molar-refractivity contribution in [2.24, 2.45) is 4.99 Å². The fraction of sp³-hybridized carbons (Fsp3) is 0.650. The zero-order chi connectivity index (χ0) is 18.0. The van der Waals surface area contributed by atoms with Gasteiger partial charge in [-0.25, -0.2) is 0 Å². The number of rotatable bonds is 6. The first-order chi connectivity index (χ1) is 12.9. The Hall–Kier alpha value is -1.06. The summed E-state index contributed by atoms with van der Waals surface area (Å²) in [4.78, 5) is 9.32. The zero-order valence-electron chi connectivity index (χ0n) is 16.5. The van der Waals surface area contributed by atoms with Crippen LogP contribution < -0.4 is 15.5 Å². The van der Waals surface area contributed by atoms with Crippen molar-refractivity contribution in [3.8, 4) is 0 Å². The van der Waals surface area contributed by atoms with Gasteiger partial charge in [-0.1, -0.05) is 24.6 Å². The second kappa shape index (κ2) is 12.4. The van der Waals surface area contributed by atoms with Crippen molar-refractivity contribution >= 4 is 35.6 Å². The van der Waals surface area contributed by atoms with Crippen LogP contribution in [0.5, 0.6) is 0 Å². The molecule has 2 aliphatic heterocycles. The first kappa shape index (κ1) is 22.2. The molecule has 1 aromatic rings. The molecule has 0 atom stereocenters. The van der Waals surface area contributed by atoms with Gasteiger partial charge in [0.25, 0.3) is 0 Å². The van der Waals surface area contributed by atoms with Crippen molar-refractivity contribution in [3.05, 3.63) is 29.8 Å². The molecule has 0 spiro atoms. The molecule has 2 fully saturated rings. The van der Waals surface area contributed by atoms with Gasteiger partial charge in [0, 0.05) is 45.5 Å². The van der Waals surface area contributed by atoms with Gasteiger partial charge < -0.3 is 25.2 Å². The van der Waals surface area contributed by atoms with E-state index in [9.17, 15) is 0 Å². The first-order valence-corrected chi connectivity index (χ1v) is 9.94. The van der Waals surface area contributed by atoms with E-state index in [0.29, 0.717) is 0 Å². The smallest absolute Gasteiger partial charge is 0.191 e. The van der Waals surface area contributed by atoms with Crippen molar-refractivity contribution in [1.29, 1.82) is 0 Å². The Morgan fingerprint density at radius 1 is 1.04 bits per heavy atom. The van der Waals surface area contributed by atoms with Crippen LogP contribution in [0.25, 0.3) is 0 Å². The molecule has 0 aromatic heterocycles. The lowest BCUT2D eigenvalue weighted by Gasteiger charge is -2.30. The predicted molar refractivity (Wildman–Crippen MR) is 123 cm³/mol.